The number of rotatable bonds is 4. The topological polar surface area (TPSA) is 66.4 Å². The lowest BCUT2D eigenvalue weighted by Gasteiger charge is -2.11. The molecule has 4 nitrogen and oxygen atoms in total. The van der Waals surface area contributed by atoms with Gasteiger partial charge in [0.25, 0.3) is 0 Å². The van der Waals surface area contributed by atoms with Gasteiger partial charge in [0.1, 0.15) is 5.75 Å². The molecule has 0 aliphatic carbocycles. The Labute approximate surface area is 151 Å². The van der Waals surface area contributed by atoms with E-state index in [4.69, 9.17) is 0 Å². The molecule has 0 spiro atoms. The standard InChI is InChI=1S/C21H17NO3S/c23-20-12-4-11-19-18(20)10-5-13-21(19)26(24,25)22-14-16-8-3-7-15-6-1-2-9-17(15)16/h1-13,22-23H,14H2. The van der Waals surface area contributed by atoms with Gasteiger partial charge in [0.15, 0.2) is 0 Å². The van der Waals surface area contributed by atoms with E-state index in [1.54, 1.807) is 36.4 Å². The summed E-state index contributed by atoms with van der Waals surface area (Å²) in [6.45, 7) is 0.193. The molecule has 0 aliphatic heterocycles. The van der Waals surface area contributed by atoms with E-state index < -0.39 is 10.0 Å². The van der Waals surface area contributed by atoms with Crippen molar-refractivity contribution in [1.82, 2.24) is 4.72 Å². The maximum absolute atomic E-state index is 12.9. The molecular weight excluding hydrogens is 346 g/mol. The molecule has 0 radical (unpaired) electrons. The monoisotopic (exact) mass is 363 g/mol. The minimum absolute atomic E-state index is 0.0635. The van der Waals surface area contributed by atoms with Gasteiger partial charge in [-0.1, -0.05) is 66.7 Å². The maximum atomic E-state index is 12.9. The summed E-state index contributed by atoms with van der Waals surface area (Å²) in [4.78, 5) is 0.158. The van der Waals surface area contributed by atoms with Gasteiger partial charge in [0.2, 0.25) is 10.0 Å². The number of hydrogen-bond acceptors (Lipinski definition) is 3. The van der Waals surface area contributed by atoms with Crippen LogP contribution in [0.4, 0.5) is 0 Å². The summed E-state index contributed by atoms with van der Waals surface area (Å²) in [6.07, 6.45) is 0. The number of nitrogens with one attached hydrogen (secondary N) is 1. The Bertz CT molecular complexity index is 1210. The van der Waals surface area contributed by atoms with Crippen molar-refractivity contribution in [3.05, 3.63) is 84.4 Å². The second-order valence-corrected chi connectivity index (χ2v) is 7.83. The predicted molar refractivity (Wildman–Crippen MR) is 104 cm³/mol. The van der Waals surface area contributed by atoms with Gasteiger partial charge in [0, 0.05) is 17.3 Å². The third kappa shape index (κ3) is 2.92. The van der Waals surface area contributed by atoms with Crippen LogP contribution in [0.1, 0.15) is 5.56 Å². The molecule has 130 valence electrons. The van der Waals surface area contributed by atoms with Crippen LogP contribution in [-0.2, 0) is 16.6 Å². The highest BCUT2D eigenvalue weighted by Crippen LogP contribution is 2.29. The number of hydrogen-bond donors (Lipinski definition) is 2. The van der Waals surface area contributed by atoms with Crippen LogP contribution in [0.25, 0.3) is 21.5 Å². The van der Waals surface area contributed by atoms with E-state index in [0.29, 0.717) is 10.8 Å². The highest BCUT2D eigenvalue weighted by atomic mass is 32.2. The Kier molecular flexibility index (Phi) is 4.11. The number of aromatic hydroxyl groups is 1. The van der Waals surface area contributed by atoms with E-state index in [0.717, 1.165) is 16.3 Å². The second kappa shape index (κ2) is 6.44. The minimum atomic E-state index is -3.73. The number of sulfonamides is 1. The smallest absolute Gasteiger partial charge is 0.241 e. The van der Waals surface area contributed by atoms with Crippen LogP contribution in [-0.4, -0.2) is 13.5 Å². The summed E-state index contributed by atoms with van der Waals surface area (Å²) in [5.41, 5.74) is 0.912. The van der Waals surface area contributed by atoms with Crippen LogP contribution in [0.3, 0.4) is 0 Å². The predicted octanol–water partition coefficient (Wildman–Crippen LogP) is 4.18. The highest BCUT2D eigenvalue weighted by molar-refractivity contribution is 7.89. The van der Waals surface area contributed by atoms with E-state index in [1.165, 1.54) is 0 Å². The van der Waals surface area contributed by atoms with Crippen LogP contribution in [0.2, 0.25) is 0 Å². The number of phenolic OH excluding ortho intramolecular Hbond substituents is 1. The normalized spacial score (nSPS) is 11.8. The van der Waals surface area contributed by atoms with Crippen LogP contribution in [0.5, 0.6) is 5.75 Å². The van der Waals surface area contributed by atoms with Crippen molar-refractivity contribution in [2.75, 3.05) is 0 Å². The summed E-state index contributed by atoms with van der Waals surface area (Å²) < 4.78 is 28.4. The summed E-state index contributed by atoms with van der Waals surface area (Å²) in [7, 11) is -3.73. The molecule has 5 heteroatoms. The first-order valence-electron chi connectivity index (χ1n) is 8.23. The van der Waals surface area contributed by atoms with E-state index in [1.807, 2.05) is 42.5 Å². The SMILES string of the molecule is O=S(=O)(NCc1cccc2ccccc12)c1cccc2c(O)cccc12. The lowest BCUT2D eigenvalue weighted by molar-refractivity contribution is 0.481. The summed E-state index contributed by atoms with van der Waals surface area (Å²) in [5.74, 6) is 0.0635. The molecule has 0 saturated carbocycles. The maximum Gasteiger partial charge on any atom is 0.241 e. The summed E-state index contributed by atoms with van der Waals surface area (Å²) >= 11 is 0. The molecule has 26 heavy (non-hydrogen) atoms. The van der Waals surface area contributed by atoms with Gasteiger partial charge in [-0.15, -0.1) is 0 Å². The Morgan fingerprint density at radius 1 is 0.731 bits per heavy atom. The third-order valence-corrected chi connectivity index (χ3v) is 5.94. The Balaban J connectivity index is 1.71. The molecule has 0 unspecified atom stereocenters. The Hall–Kier alpha value is -2.89. The molecule has 4 rings (SSSR count). The first-order valence-corrected chi connectivity index (χ1v) is 9.71. The number of benzene rings is 4. The largest absolute Gasteiger partial charge is 0.507 e. The van der Waals surface area contributed by atoms with Gasteiger partial charge in [-0.05, 0) is 28.5 Å². The third-order valence-electron chi connectivity index (χ3n) is 4.48. The van der Waals surface area contributed by atoms with E-state index in [-0.39, 0.29) is 17.2 Å². The van der Waals surface area contributed by atoms with Gasteiger partial charge in [-0.3, -0.25) is 0 Å². The Morgan fingerprint density at radius 3 is 2.27 bits per heavy atom. The average Bonchev–Trinajstić information content (AvgIpc) is 2.66. The first-order chi connectivity index (χ1) is 12.6. The fourth-order valence-electron chi connectivity index (χ4n) is 3.20. The number of phenols is 1. The van der Waals surface area contributed by atoms with Gasteiger partial charge in [0.05, 0.1) is 4.90 Å². The molecule has 4 aromatic rings. The average molecular weight is 363 g/mol. The van der Waals surface area contributed by atoms with Crippen molar-refractivity contribution in [2.45, 2.75) is 11.4 Å². The molecule has 0 heterocycles. The molecule has 0 bridgehead atoms. The van der Waals surface area contributed by atoms with Crippen LogP contribution < -0.4 is 4.72 Å². The molecule has 0 aromatic heterocycles. The van der Waals surface area contributed by atoms with Crippen molar-refractivity contribution < 1.29 is 13.5 Å². The van der Waals surface area contributed by atoms with Crippen molar-refractivity contribution in [1.29, 1.82) is 0 Å². The molecule has 0 atom stereocenters. The molecule has 0 aliphatic rings. The molecule has 0 amide bonds. The molecular formula is C21H17NO3S. The summed E-state index contributed by atoms with van der Waals surface area (Å²) in [6, 6.07) is 23.5. The zero-order valence-electron chi connectivity index (χ0n) is 13.9. The minimum Gasteiger partial charge on any atom is -0.507 e. The lowest BCUT2D eigenvalue weighted by atomic mass is 10.1. The van der Waals surface area contributed by atoms with Gasteiger partial charge < -0.3 is 5.11 Å². The molecule has 4 aromatic carbocycles. The fourth-order valence-corrected chi connectivity index (χ4v) is 4.42. The highest BCUT2D eigenvalue weighted by Gasteiger charge is 2.18. The fraction of sp³-hybridized carbons (Fsp3) is 0.0476. The van der Waals surface area contributed by atoms with E-state index >= 15 is 0 Å². The van der Waals surface area contributed by atoms with E-state index in [9.17, 15) is 13.5 Å². The molecule has 0 fully saturated rings. The quantitative estimate of drug-likeness (QED) is 0.572. The van der Waals surface area contributed by atoms with Crippen LogP contribution in [0, 0.1) is 0 Å². The van der Waals surface area contributed by atoms with Crippen molar-refractivity contribution in [2.24, 2.45) is 0 Å². The van der Waals surface area contributed by atoms with Crippen molar-refractivity contribution >= 4 is 31.6 Å². The molecule has 2 N–H and O–H groups in total. The van der Waals surface area contributed by atoms with Crippen molar-refractivity contribution in [3.63, 3.8) is 0 Å². The lowest BCUT2D eigenvalue weighted by Crippen LogP contribution is -2.23. The van der Waals surface area contributed by atoms with Crippen molar-refractivity contribution in [3.8, 4) is 5.75 Å². The Morgan fingerprint density at radius 2 is 1.38 bits per heavy atom. The van der Waals surface area contributed by atoms with Gasteiger partial charge in [-0.2, -0.15) is 0 Å². The van der Waals surface area contributed by atoms with Crippen LogP contribution >= 0.6 is 0 Å². The van der Waals surface area contributed by atoms with E-state index in [2.05, 4.69) is 4.72 Å². The first kappa shape index (κ1) is 16.6. The summed E-state index contributed by atoms with van der Waals surface area (Å²) in [5, 5.41) is 13.1. The van der Waals surface area contributed by atoms with Gasteiger partial charge in [-0.25, -0.2) is 13.1 Å². The van der Waals surface area contributed by atoms with Gasteiger partial charge >= 0.3 is 0 Å². The molecule has 0 saturated heterocycles. The second-order valence-electron chi connectivity index (χ2n) is 6.09. The zero-order valence-corrected chi connectivity index (χ0v) is 14.7. The van der Waals surface area contributed by atoms with Crippen LogP contribution in [0.15, 0.2) is 83.8 Å². The zero-order chi connectivity index (χ0) is 18.1. The number of fused-ring (bicyclic) bond motifs is 2.